The Hall–Kier alpha value is -1.19. The van der Waals surface area contributed by atoms with E-state index in [9.17, 15) is 4.79 Å². The average molecular weight is 262 g/mol. The maximum Gasteiger partial charge on any atom is 0.234 e. The summed E-state index contributed by atoms with van der Waals surface area (Å²) < 4.78 is 5.25. The SMILES string of the molecule is CCC1CCCC(c2noc(CC(=O)C3CC3)n2)C1. The fourth-order valence-electron chi connectivity index (χ4n) is 3.10. The molecule has 2 aliphatic rings. The summed E-state index contributed by atoms with van der Waals surface area (Å²) in [6, 6.07) is 0. The molecule has 0 spiro atoms. The van der Waals surface area contributed by atoms with Crippen molar-refractivity contribution in [2.24, 2.45) is 11.8 Å². The molecule has 0 bridgehead atoms. The normalized spacial score (nSPS) is 27.4. The summed E-state index contributed by atoms with van der Waals surface area (Å²) in [5.74, 6) is 3.13. The summed E-state index contributed by atoms with van der Waals surface area (Å²) >= 11 is 0. The van der Waals surface area contributed by atoms with E-state index in [0.717, 1.165) is 31.0 Å². The summed E-state index contributed by atoms with van der Waals surface area (Å²) in [6.45, 7) is 2.25. The summed E-state index contributed by atoms with van der Waals surface area (Å²) in [5, 5.41) is 4.10. The molecule has 4 nitrogen and oxygen atoms in total. The zero-order valence-corrected chi connectivity index (χ0v) is 11.6. The number of nitrogens with zero attached hydrogens (tertiary/aromatic N) is 2. The molecule has 2 fully saturated rings. The van der Waals surface area contributed by atoms with E-state index < -0.39 is 0 Å². The predicted molar refractivity (Wildman–Crippen MR) is 70.7 cm³/mol. The van der Waals surface area contributed by atoms with E-state index in [4.69, 9.17) is 4.52 Å². The van der Waals surface area contributed by atoms with Crippen molar-refractivity contribution in [2.45, 2.75) is 64.2 Å². The molecular weight excluding hydrogens is 240 g/mol. The van der Waals surface area contributed by atoms with Crippen LogP contribution in [0.25, 0.3) is 0 Å². The zero-order chi connectivity index (χ0) is 13.2. The minimum Gasteiger partial charge on any atom is -0.339 e. The molecule has 0 amide bonds. The van der Waals surface area contributed by atoms with Crippen LogP contribution < -0.4 is 0 Å². The van der Waals surface area contributed by atoms with Gasteiger partial charge in [0, 0.05) is 11.8 Å². The van der Waals surface area contributed by atoms with Crippen molar-refractivity contribution in [3.05, 3.63) is 11.7 Å². The van der Waals surface area contributed by atoms with Gasteiger partial charge in [0.25, 0.3) is 0 Å². The van der Waals surface area contributed by atoms with Gasteiger partial charge in [0.15, 0.2) is 5.82 Å². The second-order valence-electron chi connectivity index (χ2n) is 6.10. The first kappa shape index (κ1) is 12.8. The highest BCUT2D eigenvalue weighted by Gasteiger charge is 2.31. The second kappa shape index (κ2) is 5.43. The molecule has 0 radical (unpaired) electrons. The van der Waals surface area contributed by atoms with Crippen molar-refractivity contribution in [3.8, 4) is 0 Å². The lowest BCUT2D eigenvalue weighted by Gasteiger charge is -2.26. The fourth-order valence-corrected chi connectivity index (χ4v) is 3.10. The first-order chi connectivity index (χ1) is 9.26. The summed E-state index contributed by atoms with van der Waals surface area (Å²) in [6.07, 6.45) is 8.58. The van der Waals surface area contributed by atoms with E-state index in [1.807, 2.05) is 0 Å². The Labute approximate surface area is 114 Å². The van der Waals surface area contributed by atoms with E-state index in [0.29, 0.717) is 18.2 Å². The van der Waals surface area contributed by atoms with Crippen LogP contribution in [-0.4, -0.2) is 15.9 Å². The molecule has 3 rings (SSSR count). The van der Waals surface area contributed by atoms with Gasteiger partial charge in [-0.1, -0.05) is 31.3 Å². The van der Waals surface area contributed by atoms with Crippen molar-refractivity contribution >= 4 is 5.78 Å². The number of Topliss-reactive ketones (excluding diaryl/α,β-unsaturated/α-hetero) is 1. The lowest BCUT2D eigenvalue weighted by molar-refractivity contribution is -0.119. The lowest BCUT2D eigenvalue weighted by atomic mass is 9.80. The molecule has 1 aromatic heterocycles. The third-order valence-electron chi connectivity index (χ3n) is 4.57. The molecule has 2 unspecified atom stereocenters. The van der Waals surface area contributed by atoms with Gasteiger partial charge in [0.1, 0.15) is 5.78 Å². The Balaban J connectivity index is 1.61. The summed E-state index contributed by atoms with van der Waals surface area (Å²) in [4.78, 5) is 16.2. The molecule has 2 aliphatic carbocycles. The Morgan fingerprint density at radius 2 is 2.16 bits per heavy atom. The number of aromatic nitrogens is 2. The highest BCUT2D eigenvalue weighted by atomic mass is 16.5. The van der Waals surface area contributed by atoms with Gasteiger partial charge >= 0.3 is 0 Å². The van der Waals surface area contributed by atoms with Gasteiger partial charge in [-0.15, -0.1) is 0 Å². The third kappa shape index (κ3) is 3.04. The van der Waals surface area contributed by atoms with Crippen LogP contribution in [-0.2, 0) is 11.2 Å². The fraction of sp³-hybridized carbons (Fsp3) is 0.800. The van der Waals surface area contributed by atoms with Crippen LogP contribution in [0.3, 0.4) is 0 Å². The van der Waals surface area contributed by atoms with Gasteiger partial charge in [-0.25, -0.2) is 0 Å². The average Bonchev–Trinajstić information content (AvgIpc) is 3.20. The van der Waals surface area contributed by atoms with E-state index in [1.54, 1.807) is 0 Å². The Morgan fingerprint density at radius 3 is 2.89 bits per heavy atom. The van der Waals surface area contributed by atoms with E-state index >= 15 is 0 Å². The molecule has 1 aromatic rings. The van der Waals surface area contributed by atoms with Gasteiger partial charge in [0.2, 0.25) is 5.89 Å². The first-order valence-electron chi connectivity index (χ1n) is 7.61. The van der Waals surface area contributed by atoms with E-state index in [-0.39, 0.29) is 11.7 Å². The highest BCUT2D eigenvalue weighted by Crippen LogP contribution is 2.36. The predicted octanol–water partition coefficient (Wildman–Crippen LogP) is 3.28. The van der Waals surface area contributed by atoms with Crippen LogP contribution in [0, 0.1) is 11.8 Å². The van der Waals surface area contributed by atoms with E-state index in [2.05, 4.69) is 17.1 Å². The van der Waals surface area contributed by atoms with Crippen molar-refractivity contribution in [1.82, 2.24) is 10.1 Å². The van der Waals surface area contributed by atoms with Gasteiger partial charge in [-0.3, -0.25) is 4.79 Å². The maximum atomic E-state index is 11.7. The molecule has 104 valence electrons. The standard InChI is InChI=1S/C15H22N2O2/c1-2-10-4-3-5-12(8-10)15-16-14(19-17-15)9-13(18)11-6-7-11/h10-12H,2-9H2,1H3. The van der Waals surface area contributed by atoms with Crippen molar-refractivity contribution in [1.29, 1.82) is 0 Å². The van der Waals surface area contributed by atoms with Crippen LogP contribution >= 0.6 is 0 Å². The Kier molecular flexibility index (Phi) is 3.67. The Morgan fingerprint density at radius 1 is 1.32 bits per heavy atom. The van der Waals surface area contributed by atoms with Crippen molar-refractivity contribution in [3.63, 3.8) is 0 Å². The summed E-state index contributed by atoms with van der Waals surface area (Å²) in [7, 11) is 0. The molecule has 0 saturated heterocycles. The lowest BCUT2D eigenvalue weighted by Crippen LogP contribution is -2.14. The second-order valence-corrected chi connectivity index (χ2v) is 6.10. The van der Waals surface area contributed by atoms with Crippen LogP contribution in [0.15, 0.2) is 4.52 Å². The molecular formula is C15H22N2O2. The molecule has 0 aliphatic heterocycles. The van der Waals surface area contributed by atoms with Gasteiger partial charge in [0.05, 0.1) is 6.42 Å². The quantitative estimate of drug-likeness (QED) is 0.817. The topological polar surface area (TPSA) is 56.0 Å². The maximum absolute atomic E-state index is 11.7. The number of carbonyl (C=O) groups is 1. The zero-order valence-electron chi connectivity index (χ0n) is 11.6. The third-order valence-corrected chi connectivity index (χ3v) is 4.57. The summed E-state index contributed by atoms with van der Waals surface area (Å²) in [5.41, 5.74) is 0. The molecule has 19 heavy (non-hydrogen) atoms. The van der Waals surface area contributed by atoms with Gasteiger partial charge in [-0.05, 0) is 31.6 Å². The molecule has 1 heterocycles. The molecule has 4 heteroatoms. The van der Waals surface area contributed by atoms with Crippen molar-refractivity contribution in [2.75, 3.05) is 0 Å². The van der Waals surface area contributed by atoms with Gasteiger partial charge in [-0.2, -0.15) is 4.98 Å². The Bertz CT molecular complexity index is 451. The van der Waals surface area contributed by atoms with Gasteiger partial charge < -0.3 is 4.52 Å². The number of ketones is 1. The van der Waals surface area contributed by atoms with E-state index in [1.165, 1.54) is 25.7 Å². The molecule has 0 aromatic carbocycles. The molecule has 2 saturated carbocycles. The number of rotatable bonds is 5. The monoisotopic (exact) mass is 262 g/mol. The van der Waals surface area contributed by atoms with Crippen LogP contribution in [0.1, 0.15) is 69.5 Å². The first-order valence-corrected chi connectivity index (χ1v) is 7.61. The minimum atomic E-state index is 0.269. The number of hydrogen-bond acceptors (Lipinski definition) is 4. The van der Waals surface area contributed by atoms with Crippen LogP contribution in [0.4, 0.5) is 0 Å². The number of carbonyl (C=O) groups excluding carboxylic acids is 1. The number of hydrogen-bond donors (Lipinski definition) is 0. The molecule has 0 N–H and O–H groups in total. The van der Waals surface area contributed by atoms with Crippen LogP contribution in [0.5, 0.6) is 0 Å². The highest BCUT2D eigenvalue weighted by molar-refractivity contribution is 5.84. The molecule has 2 atom stereocenters. The largest absolute Gasteiger partial charge is 0.339 e. The van der Waals surface area contributed by atoms with Crippen molar-refractivity contribution < 1.29 is 9.32 Å². The van der Waals surface area contributed by atoms with Crippen LogP contribution in [0.2, 0.25) is 0 Å². The minimum absolute atomic E-state index is 0.269. The smallest absolute Gasteiger partial charge is 0.234 e.